The second kappa shape index (κ2) is 5.69. The van der Waals surface area contributed by atoms with E-state index in [4.69, 9.17) is 9.84 Å². The summed E-state index contributed by atoms with van der Waals surface area (Å²) < 4.78 is 5.29. The number of aliphatic hydroxyl groups excluding tert-OH is 1. The molecule has 0 aromatic rings. The van der Waals surface area contributed by atoms with E-state index >= 15 is 0 Å². The van der Waals surface area contributed by atoms with Gasteiger partial charge in [0.1, 0.15) is 0 Å². The van der Waals surface area contributed by atoms with Gasteiger partial charge < -0.3 is 9.84 Å². The average molecular weight is 146 g/mol. The molecule has 1 unspecified atom stereocenters. The van der Waals surface area contributed by atoms with Gasteiger partial charge in [0.15, 0.2) is 0 Å². The van der Waals surface area contributed by atoms with Gasteiger partial charge in [-0.1, -0.05) is 13.3 Å². The van der Waals surface area contributed by atoms with Gasteiger partial charge in [-0.15, -0.1) is 0 Å². The molecule has 2 heteroatoms. The van der Waals surface area contributed by atoms with Gasteiger partial charge in [-0.3, -0.25) is 0 Å². The molecule has 0 rings (SSSR count). The summed E-state index contributed by atoms with van der Waals surface area (Å²) >= 11 is 0. The fourth-order valence-corrected chi connectivity index (χ4v) is 0.793. The van der Waals surface area contributed by atoms with Gasteiger partial charge in [-0.2, -0.15) is 0 Å². The van der Waals surface area contributed by atoms with Gasteiger partial charge in [-0.05, 0) is 20.3 Å². The van der Waals surface area contributed by atoms with Gasteiger partial charge in [-0.25, -0.2) is 0 Å². The predicted molar refractivity (Wildman–Crippen MR) is 42.0 cm³/mol. The van der Waals surface area contributed by atoms with Gasteiger partial charge in [0.2, 0.25) is 0 Å². The van der Waals surface area contributed by atoms with E-state index in [0.29, 0.717) is 12.7 Å². The van der Waals surface area contributed by atoms with Crippen LogP contribution in [0.15, 0.2) is 0 Å². The highest BCUT2D eigenvalue weighted by Crippen LogP contribution is 2.00. The third-order valence-electron chi connectivity index (χ3n) is 1.32. The van der Waals surface area contributed by atoms with Crippen molar-refractivity contribution < 1.29 is 9.84 Å². The largest absolute Gasteiger partial charge is 0.391 e. The molecule has 0 saturated carbocycles. The molecule has 0 aliphatic carbocycles. The van der Waals surface area contributed by atoms with E-state index in [1.807, 2.05) is 6.92 Å². The summed E-state index contributed by atoms with van der Waals surface area (Å²) in [6.45, 7) is 6.36. The van der Waals surface area contributed by atoms with Crippen molar-refractivity contribution in [2.24, 2.45) is 0 Å². The van der Waals surface area contributed by atoms with Crippen LogP contribution in [0.25, 0.3) is 0 Å². The van der Waals surface area contributed by atoms with Crippen LogP contribution >= 0.6 is 0 Å². The highest BCUT2D eigenvalue weighted by molar-refractivity contribution is 4.50. The molecule has 0 aliphatic rings. The van der Waals surface area contributed by atoms with Crippen molar-refractivity contribution in [1.82, 2.24) is 0 Å². The fraction of sp³-hybridized carbons (Fsp3) is 1.00. The molecular weight excluding hydrogens is 128 g/mol. The molecule has 0 saturated heterocycles. The summed E-state index contributed by atoms with van der Waals surface area (Å²) in [6.07, 6.45) is 2.17. The second-order valence-corrected chi connectivity index (χ2v) is 2.78. The van der Waals surface area contributed by atoms with Crippen LogP contribution in [0, 0.1) is 0 Å². The number of hydrogen-bond acceptors (Lipinski definition) is 2. The topological polar surface area (TPSA) is 29.5 Å². The number of ether oxygens (including phenoxy) is 1. The zero-order chi connectivity index (χ0) is 7.98. The maximum Gasteiger partial charge on any atom is 0.0745 e. The van der Waals surface area contributed by atoms with Gasteiger partial charge >= 0.3 is 0 Å². The Kier molecular flexibility index (Phi) is 5.64. The monoisotopic (exact) mass is 146 g/mol. The van der Waals surface area contributed by atoms with Gasteiger partial charge in [0, 0.05) is 0 Å². The summed E-state index contributed by atoms with van der Waals surface area (Å²) in [5.74, 6) is 0. The maximum absolute atomic E-state index is 8.84. The van der Waals surface area contributed by atoms with Crippen LogP contribution in [0.3, 0.4) is 0 Å². The second-order valence-electron chi connectivity index (χ2n) is 2.78. The Balaban J connectivity index is 3.12. The quantitative estimate of drug-likeness (QED) is 0.638. The molecule has 0 radical (unpaired) electrons. The zero-order valence-corrected chi connectivity index (χ0v) is 7.13. The molecule has 0 fully saturated rings. The summed E-state index contributed by atoms with van der Waals surface area (Å²) in [6, 6.07) is 0. The van der Waals surface area contributed by atoms with Crippen molar-refractivity contribution >= 4 is 0 Å². The van der Waals surface area contributed by atoms with E-state index in [1.54, 1.807) is 6.92 Å². The number of hydrogen-bond donors (Lipinski definition) is 1. The van der Waals surface area contributed by atoms with Crippen LogP contribution < -0.4 is 0 Å². The third-order valence-corrected chi connectivity index (χ3v) is 1.32. The van der Waals surface area contributed by atoms with E-state index in [9.17, 15) is 0 Å². The fourth-order valence-electron chi connectivity index (χ4n) is 0.793. The van der Waals surface area contributed by atoms with E-state index in [-0.39, 0.29) is 6.10 Å². The molecule has 0 amide bonds. The zero-order valence-electron chi connectivity index (χ0n) is 7.13. The Bertz CT molecular complexity index is 71.7. The normalized spacial score (nSPS) is 16.8. The summed E-state index contributed by atoms with van der Waals surface area (Å²) in [5.41, 5.74) is 0. The van der Waals surface area contributed by atoms with Crippen molar-refractivity contribution in [2.75, 3.05) is 6.61 Å². The molecular formula is C8H18O2. The molecule has 2 atom stereocenters. The van der Waals surface area contributed by atoms with E-state index in [1.165, 1.54) is 0 Å². The van der Waals surface area contributed by atoms with Gasteiger partial charge in [0.05, 0.1) is 18.8 Å². The van der Waals surface area contributed by atoms with Crippen LogP contribution in [0.1, 0.15) is 33.6 Å². The Labute approximate surface area is 63.2 Å². The van der Waals surface area contributed by atoms with Crippen molar-refractivity contribution in [3.05, 3.63) is 0 Å². The average Bonchev–Trinajstić information content (AvgIpc) is 1.85. The molecule has 0 aromatic carbocycles. The summed E-state index contributed by atoms with van der Waals surface area (Å²) in [5, 5.41) is 8.84. The maximum atomic E-state index is 8.84. The van der Waals surface area contributed by atoms with Crippen molar-refractivity contribution in [1.29, 1.82) is 0 Å². The van der Waals surface area contributed by atoms with Crippen LogP contribution in [0.4, 0.5) is 0 Å². The minimum atomic E-state index is -0.334. The molecule has 0 heterocycles. The Hall–Kier alpha value is -0.0800. The first-order valence-electron chi connectivity index (χ1n) is 3.96. The van der Waals surface area contributed by atoms with Crippen LogP contribution in [-0.2, 0) is 4.74 Å². The summed E-state index contributed by atoms with van der Waals surface area (Å²) in [7, 11) is 0. The van der Waals surface area contributed by atoms with E-state index in [0.717, 1.165) is 12.8 Å². The van der Waals surface area contributed by atoms with Crippen molar-refractivity contribution in [3.8, 4) is 0 Å². The Morgan fingerprint density at radius 2 is 2.00 bits per heavy atom. The smallest absolute Gasteiger partial charge is 0.0745 e. The molecule has 0 aliphatic heterocycles. The third kappa shape index (κ3) is 6.05. The first-order chi connectivity index (χ1) is 4.66. The first kappa shape index (κ1) is 9.92. The van der Waals surface area contributed by atoms with Crippen molar-refractivity contribution in [3.63, 3.8) is 0 Å². The van der Waals surface area contributed by atoms with E-state index < -0.39 is 0 Å². The Morgan fingerprint density at radius 1 is 1.40 bits per heavy atom. The lowest BCUT2D eigenvalue weighted by atomic mass is 10.2. The molecule has 0 bridgehead atoms. The molecule has 0 aromatic heterocycles. The van der Waals surface area contributed by atoms with Crippen molar-refractivity contribution in [2.45, 2.75) is 45.8 Å². The van der Waals surface area contributed by atoms with Crippen LogP contribution in [-0.4, -0.2) is 23.9 Å². The number of rotatable bonds is 5. The first-order valence-corrected chi connectivity index (χ1v) is 3.96. The molecule has 10 heavy (non-hydrogen) atoms. The highest BCUT2D eigenvalue weighted by atomic mass is 16.5. The number of aliphatic hydroxyl groups is 1. The standard InChI is InChI=1S/C8H18O2/c1-4-5-8(3)10-6-7(2)9/h7-9H,4-6H2,1-3H3/t7-,8?/m0/s1. The summed E-state index contributed by atoms with van der Waals surface area (Å²) in [4.78, 5) is 0. The van der Waals surface area contributed by atoms with Crippen LogP contribution in [0.5, 0.6) is 0 Å². The highest BCUT2D eigenvalue weighted by Gasteiger charge is 2.01. The molecule has 1 N–H and O–H groups in total. The lowest BCUT2D eigenvalue weighted by Gasteiger charge is -2.12. The molecule has 2 nitrogen and oxygen atoms in total. The SMILES string of the molecule is CCCC(C)OC[C@H](C)O. The predicted octanol–water partition coefficient (Wildman–Crippen LogP) is 1.57. The minimum absolute atomic E-state index is 0.291. The van der Waals surface area contributed by atoms with E-state index in [2.05, 4.69) is 6.92 Å². The Morgan fingerprint density at radius 3 is 2.40 bits per heavy atom. The minimum Gasteiger partial charge on any atom is -0.391 e. The molecule has 62 valence electrons. The lowest BCUT2D eigenvalue weighted by molar-refractivity contribution is 0.00196. The lowest BCUT2D eigenvalue weighted by Crippen LogP contribution is -2.16. The molecule has 0 spiro atoms. The van der Waals surface area contributed by atoms with Gasteiger partial charge in [0.25, 0.3) is 0 Å². The van der Waals surface area contributed by atoms with Crippen LogP contribution in [0.2, 0.25) is 0 Å².